The molecule has 0 aliphatic rings. The van der Waals surface area contributed by atoms with Gasteiger partial charge < -0.3 is 10.2 Å². The lowest BCUT2D eigenvalue weighted by Gasteiger charge is -2.08. The zero-order chi connectivity index (χ0) is 13.0. The van der Waals surface area contributed by atoms with Crippen LogP contribution in [0.2, 0.25) is 0 Å². The maximum Gasteiger partial charge on any atom is 0.132 e. The van der Waals surface area contributed by atoms with E-state index in [4.69, 9.17) is 10.2 Å². The van der Waals surface area contributed by atoms with E-state index >= 15 is 0 Å². The highest BCUT2D eigenvalue weighted by Crippen LogP contribution is 2.26. The first-order valence-corrected chi connectivity index (χ1v) is 6.97. The predicted octanol–water partition coefficient (Wildman–Crippen LogP) is 3.21. The predicted molar refractivity (Wildman–Crippen MR) is 73.4 cm³/mol. The highest BCUT2D eigenvalue weighted by atomic mass is 32.2. The number of nitrogen functional groups attached to an aromatic ring is 1. The van der Waals surface area contributed by atoms with Crippen molar-refractivity contribution in [3.8, 4) is 0 Å². The Bertz CT molecular complexity index is 511. The van der Waals surface area contributed by atoms with Crippen LogP contribution in [0, 0.1) is 6.92 Å². The van der Waals surface area contributed by atoms with Gasteiger partial charge in [-0.1, -0.05) is 18.7 Å². The van der Waals surface area contributed by atoms with Gasteiger partial charge in [0.2, 0.25) is 0 Å². The summed E-state index contributed by atoms with van der Waals surface area (Å²) < 4.78 is 5.31. The number of furan rings is 1. The quantitative estimate of drug-likeness (QED) is 0.663. The smallest absolute Gasteiger partial charge is 0.132 e. The van der Waals surface area contributed by atoms with Crippen LogP contribution < -0.4 is 5.73 Å². The van der Waals surface area contributed by atoms with Crippen molar-refractivity contribution in [1.82, 2.24) is 9.97 Å². The molecule has 2 rings (SSSR count). The molecule has 0 amide bonds. The van der Waals surface area contributed by atoms with Gasteiger partial charge in [0.25, 0.3) is 0 Å². The van der Waals surface area contributed by atoms with Gasteiger partial charge in [-0.05, 0) is 25.5 Å². The molecule has 2 aromatic rings. The van der Waals surface area contributed by atoms with Crippen LogP contribution in [0.1, 0.15) is 30.5 Å². The molecule has 4 nitrogen and oxygen atoms in total. The van der Waals surface area contributed by atoms with Crippen molar-refractivity contribution >= 4 is 17.6 Å². The van der Waals surface area contributed by atoms with Crippen LogP contribution in [0.25, 0.3) is 0 Å². The number of nitrogens with two attached hydrogens (primary N) is 1. The van der Waals surface area contributed by atoms with E-state index in [0.29, 0.717) is 5.82 Å². The van der Waals surface area contributed by atoms with E-state index in [2.05, 4.69) is 16.9 Å². The minimum atomic E-state index is 0.579. The van der Waals surface area contributed by atoms with Crippen molar-refractivity contribution in [3.63, 3.8) is 0 Å². The number of aryl methyl sites for hydroxylation is 1. The van der Waals surface area contributed by atoms with Crippen molar-refractivity contribution in [2.75, 3.05) is 5.73 Å². The van der Waals surface area contributed by atoms with Crippen LogP contribution in [0.3, 0.4) is 0 Å². The highest BCUT2D eigenvalue weighted by Gasteiger charge is 2.09. The second kappa shape index (κ2) is 5.91. The Balaban J connectivity index is 2.15. The van der Waals surface area contributed by atoms with Crippen LogP contribution in [0.15, 0.2) is 27.8 Å². The standard InChI is InChI=1S/C13H17N3OS/c1-3-5-11-15-12(14)9(2)13(16-11)18-8-10-6-4-7-17-10/h4,6-7H,3,5,8H2,1-2H3,(H2,14,15,16). The molecule has 0 atom stereocenters. The third-order valence-electron chi connectivity index (χ3n) is 2.59. The molecule has 18 heavy (non-hydrogen) atoms. The van der Waals surface area contributed by atoms with E-state index in [-0.39, 0.29) is 0 Å². The lowest BCUT2D eigenvalue weighted by molar-refractivity contribution is 0.530. The van der Waals surface area contributed by atoms with Crippen LogP contribution in [0.5, 0.6) is 0 Å². The minimum absolute atomic E-state index is 0.579. The largest absolute Gasteiger partial charge is 0.468 e. The van der Waals surface area contributed by atoms with Crippen LogP contribution >= 0.6 is 11.8 Å². The average Bonchev–Trinajstić information content (AvgIpc) is 2.85. The number of hydrogen-bond donors (Lipinski definition) is 1. The first-order valence-electron chi connectivity index (χ1n) is 5.99. The molecule has 2 heterocycles. The molecule has 0 saturated heterocycles. The third-order valence-corrected chi connectivity index (χ3v) is 3.69. The van der Waals surface area contributed by atoms with Gasteiger partial charge in [-0.2, -0.15) is 0 Å². The van der Waals surface area contributed by atoms with Gasteiger partial charge in [-0.15, -0.1) is 0 Å². The number of hydrogen-bond acceptors (Lipinski definition) is 5. The Morgan fingerprint density at radius 3 is 2.89 bits per heavy atom. The molecule has 0 spiro atoms. The molecule has 0 saturated carbocycles. The molecule has 0 unspecified atom stereocenters. The van der Waals surface area contributed by atoms with E-state index in [1.165, 1.54) is 0 Å². The van der Waals surface area contributed by atoms with Crippen LogP contribution in [0.4, 0.5) is 5.82 Å². The molecule has 0 bridgehead atoms. The Labute approximate surface area is 111 Å². The van der Waals surface area contributed by atoms with E-state index in [1.807, 2.05) is 19.1 Å². The Hall–Kier alpha value is -1.49. The average molecular weight is 263 g/mol. The minimum Gasteiger partial charge on any atom is -0.468 e. The maximum atomic E-state index is 5.91. The Morgan fingerprint density at radius 1 is 1.39 bits per heavy atom. The van der Waals surface area contributed by atoms with Crippen molar-refractivity contribution in [2.45, 2.75) is 37.5 Å². The molecule has 2 N–H and O–H groups in total. The fourth-order valence-corrected chi connectivity index (χ4v) is 2.50. The van der Waals surface area contributed by atoms with Gasteiger partial charge in [0.1, 0.15) is 22.4 Å². The zero-order valence-electron chi connectivity index (χ0n) is 10.6. The lowest BCUT2D eigenvalue weighted by Crippen LogP contribution is -2.04. The van der Waals surface area contributed by atoms with Crippen molar-refractivity contribution < 1.29 is 4.42 Å². The lowest BCUT2D eigenvalue weighted by atomic mass is 10.3. The maximum absolute atomic E-state index is 5.91. The number of nitrogens with zero attached hydrogens (tertiary/aromatic N) is 2. The van der Waals surface area contributed by atoms with Gasteiger partial charge in [-0.25, -0.2) is 9.97 Å². The fourth-order valence-electron chi connectivity index (χ4n) is 1.57. The summed E-state index contributed by atoms with van der Waals surface area (Å²) >= 11 is 1.63. The molecule has 0 aromatic carbocycles. The van der Waals surface area contributed by atoms with Gasteiger partial charge in [0.05, 0.1) is 12.0 Å². The summed E-state index contributed by atoms with van der Waals surface area (Å²) in [4.78, 5) is 8.85. The molecular weight excluding hydrogens is 246 g/mol. The van der Waals surface area contributed by atoms with Gasteiger partial charge in [-0.3, -0.25) is 0 Å². The van der Waals surface area contributed by atoms with Crippen LogP contribution in [-0.2, 0) is 12.2 Å². The summed E-state index contributed by atoms with van der Waals surface area (Å²) in [6.45, 7) is 4.06. The number of thioether (sulfide) groups is 1. The van der Waals surface area contributed by atoms with Crippen molar-refractivity contribution in [2.24, 2.45) is 0 Å². The number of rotatable bonds is 5. The summed E-state index contributed by atoms with van der Waals surface area (Å²) in [6, 6.07) is 3.85. The van der Waals surface area contributed by atoms with Crippen molar-refractivity contribution in [3.05, 3.63) is 35.5 Å². The second-order valence-corrected chi connectivity index (χ2v) is 5.04. The van der Waals surface area contributed by atoms with Gasteiger partial charge in [0.15, 0.2) is 0 Å². The van der Waals surface area contributed by atoms with Crippen LogP contribution in [-0.4, -0.2) is 9.97 Å². The summed E-state index contributed by atoms with van der Waals surface area (Å²) in [5.41, 5.74) is 6.86. The molecule has 0 fully saturated rings. The number of anilines is 1. The van der Waals surface area contributed by atoms with E-state index in [1.54, 1.807) is 18.0 Å². The molecule has 5 heteroatoms. The van der Waals surface area contributed by atoms with Crippen molar-refractivity contribution in [1.29, 1.82) is 0 Å². The van der Waals surface area contributed by atoms with E-state index < -0.39 is 0 Å². The Kier molecular flexibility index (Phi) is 4.25. The molecule has 0 aliphatic heterocycles. The van der Waals surface area contributed by atoms with Gasteiger partial charge >= 0.3 is 0 Å². The first-order chi connectivity index (χ1) is 8.70. The molecule has 96 valence electrons. The number of aromatic nitrogens is 2. The normalized spacial score (nSPS) is 10.8. The fraction of sp³-hybridized carbons (Fsp3) is 0.385. The van der Waals surface area contributed by atoms with E-state index in [0.717, 1.165) is 40.8 Å². The second-order valence-electron chi connectivity index (χ2n) is 4.07. The first kappa shape index (κ1) is 13.0. The SMILES string of the molecule is CCCc1nc(N)c(C)c(SCc2ccco2)n1. The summed E-state index contributed by atoms with van der Waals surface area (Å²) in [6.07, 6.45) is 3.56. The molecule has 0 aliphatic carbocycles. The summed E-state index contributed by atoms with van der Waals surface area (Å²) in [5, 5.41) is 0.947. The molecule has 0 radical (unpaired) electrons. The third kappa shape index (κ3) is 3.04. The Morgan fingerprint density at radius 2 is 2.22 bits per heavy atom. The topological polar surface area (TPSA) is 64.9 Å². The molecule has 2 aromatic heterocycles. The monoisotopic (exact) mass is 263 g/mol. The zero-order valence-corrected chi connectivity index (χ0v) is 11.5. The van der Waals surface area contributed by atoms with E-state index in [9.17, 15) is 0 Å². The van der Waals surface area contributed by atoms with Gasteiger partial charge in [0, 0.05) is 12.0 Å². The summed E-state index contributed by atoms with van der Waals surface area (Å²) in [7, 11) is 0. The summed E-state index contributed by atoms with van der Waals surface area (Å²) in [5.74, 6) is 3.10. The highest BCUT2D eigenvalue weighted by molar-refractivity contribution is 7.98. The molecular formula is C13H17N3OS.